The second-order valence-electron chi connectivity index (χ2n) is 12.9. The number of alkyl halides is 6. The first-order chi connectivity index (χ1) is 20.7. The summed E-state index contributed by atoms with van der Waals surface area (Å²) in [6.45, 7) is 8.99. The third-order valence-corrected chi connectivity index (χ3v) is 8.52. The van der Waals surface area contributed by atoms with Crippen molar-refractivity contribution in [1.29, 1.82) is 0 Å². The van der Waals surface area contributed by atoms with Crippen molar-refractivity contribution in [2.24, 2.45) is 0 Å². The fourth-order valence-corrected chi connectivity index (χ4v) is 6.29. The van der Waals surface area contributed by atoms with Crippen molar-refractivity contribution in [3.8, 4) is 0 Å². The highest BCUT2D eigenvalue weighted by Gasteiger charge is 2.41. The monoisotopic (exact) mass is 645 g/mol. The topological polar surface area (TPSA) is 53.1 Å². The molecule has 2 saturated heterocycles. The molecule has 2 aliphatic heterocycles. The van der Waals surface area contributed by atoms with Gasteiger partial charge in [0.2, 0.25) is 0 Å². The van der Waals surface area contributed by atoms with Gasteiger partial charge in [-0.05, 0) is 88.4 Å². The van der Waals surface area contributed by atoms with Crippen molar-refractivity contribution in [3.05, 3.63) is 70.0 Å². The summed E-state index contributed by atoms with van der Waals surface area (Å²) >= 11 is 0. The Morgan fingerprint density at radius 1 is 0.867 bits per heavy atom. The Kier molecular flexibility index (Phi) is 9.82. The van der Waals surface area contributed by atoms with Gasteiger partial charge in [0.15, 0.2) is 0 Å². The first-order valence-corrected chi connectivity index (χ1v) is 14.8. The summed E-state index contributed by atoms with van der Waals surface area (Å²) in [7, 11) is 1.38. The first kappa shape index (κ1) is 34.5. The van der Waals surface area contributed by atoms with Crippen LogP contribution in [0.1, 0.15) is 78.6 Å². The van der Waals surface area contributed by atoms with E-state index in [1.165, 1.54) is 24.1 Å². The first-order valence-electron chi connectivity index (χ1n) is 14.8. The van der Waals surface area contributed by atoms with Crippen LogP contribution < -0.4 is 0 Å². The Hall–Kier alpha value is -3.35. The number of likely N-dealkylation sites (N-methyl/N-ethyl adjacent to an activating group) is 1. The van der Waals surface area contributed by atoms with Gasteiger partial charge >= 0.3 is 18.4 Å². The molecule has 2 aromatic rings. The summed E-state index contributed by atoms with van der Waals surface area (Å²) in [6, 6.07) is 4.64. The highest BCUT2D eigenvalue weighted by molar-refractivity contribution is 5.95. The lowest BCUT2D eigenvalue weighted by atomic mass is 9.81. The van der Waals surface area contributed by atoms with Gasteiger partial charge in [-0.25, -0.2) is 9.18 Å². The van der Waals surface area contributed by atoms with Crippen molar-refractivity contribution >= 4 is 12.0 Å². The van der Waals surface area contributed by atoms with E-state index in [2.05, 4.69) is 4.90 Å². The largest absolute Gasteiger partial charge is 0.444 e. The van der Waals surface area contributed by atoms with E-state index in [0.717, 1.165) is 5.56 Å². The van der Waals surface area contributed by atoms with Crippen molar-refractivity contribution in [2.45, 2.75) is 82.9 Å². The van der Waals surface area contributed by atoms with E-state index < -0.39 is 58.3 Å². The maximum atomic E-state index is 14.1. The Morgan fingerprint density at radius 2 is 1.44 bits per heavy atom. The van der Waals surface area contributed by atoms with E-state index >= 15 is 0 Å². The minimum absolute atomic E-state index is 0.00589. The van der Waals surface area contributed by atoms with E-state index in [1.807, 2.05) is 0 Å². The number of carbonyl (C=O) groups is 2. The summed E-state index contributed by atoms with van der Waals surface area (Å²) in [4.78, 5) is 31.2. The van der Waals surface area contributed by atoms with Crippen LogP contribution in [0.25, 0.3) is 0 Å². The quantitative estimate of drug-likeness (QED) is 0.323. The summed E-state index contributed by atoms with van der Waals surface area (Å²) in [5.74, 6) is -1.84. The number of ether oxygens (including phenoxy) is 1. The molecule has 2 atom stereocenters. The zero-order valence-corrected chi connectivity index (χ0v) is 25.9. The summed E-state index contributed by atoms with van der Waals surface area (Å²) < 4.78 is 101. The van der Waals surface area contributed by atoms with Gasteiger partial charge < -0.3 is 14.5 Å². The molecule has 248 valence electrons. The van der Waals surface area contributed by atoms with Gasteiger partial charge in [0.25, 0.3) is 5.91 Å². The third kappa shape index (κ3) is 8.28. The van der Waals surface area contributed by atoms with Gasteiger partial charge in [-0.2, -0.15) is 26.3 Å². The molecule has 45 heavy (non-hydrogen) atoms. The molecule has 2 aliphatic rings. The molecule has 13 heteroatoms. The predicted molar refractivity (Wildman–Crippen MR) is 153 cm³/mol. The Balaban J connectivity index is 1.59. The molecule has 0 saturated carbocycles. The summed E-state index contributed by atoms with van der Waals surface area (Å²) in [5.41, 5.74) is -3.11. The van der Waals surface area contributed by atoms with Crippen LogP contribution in [-0.2, 0) is 17.1 Å². The molecule has 2 fully saturated rings. The number of aryl methyl sites for hydroxylation is 1. The lowest BCUT2D eigenvalue weighted by molar-refractivity contribution is -0.143. The molecule has 0 spiro atoms. The van der Waals surface area contributed by atoms with Gasteiger partial charge in [-0.15, -0.1) is 0 Å². The minimum atomic E-state index is -5.09. The molecule has 0 aromatic heterocycles. The fourth-order valence-electron chi connectivity index (χ4n) is 6.29. The van der Waals surface area contributed by atoms with Crippen LogP contribution in [-0.4, -0.2) is 77.6 Å². The number of benzene rings is 2. The molecule has 2 amide bonds. The maximum absolute atomic E-state index is 14.1. The van der Waals surface area contributed by atoms with Crippen LogP contribution in [0.15, 0.2) is 36.4 Å². The van der Waals surface area contributed by atoms with Crippen LogP contribution in [0, 0.1) is 12.7 Å². The van der Waals surface area contributed by atoms with Crippen molar-refractivity contribution in [1.82, 2.24) is 14.7 Å². The molecule has 0 N–H and O–H groups in total. The zero-order chi connectivity index (χ0) is 33.5. The number of hydrogen-bond donors (Lipinski definition) is 0. The fraction of sp³-hybridized carbons (Fsp3) is 0.562. The van der Waals surface area contributed by atoms with Crippen LogP contribution in [0.5, 0.6) is 0 Å². The van der Waals surface area contributed by atoms with E-state index in [-0.39, 0.29) is 18.2 Å². The number of piperidine rings is 2. The molecule has 6 nitrogen and oxygen atoms in total. The van der Waals surface area contributed by atoms with Crippen LogP contribution in [0.4, 0.5) is 35.5 Å². The number of rotatable bonds is 4. The van der Waals surface area contributed by atoms with Gasteiger partial charge in [-0.1, -0.05) is 6.07 Å². The molecule has 0 aliphatic carbocycles. The Labute approximate surface area is 258 Å². The van der Waals surface area contributed by atoms with Crippen molar-refractivity contribution in [2.75, 3.05) is 33.2 Å². The van der Waals surface area contributed by atoms with E-state index in [4.69, 9.17) is 4.74 Å². The summed E-state index contributed by atoms with van der Waals surface area (Å²) in [6.07, 6.45) is -8.86. The van der Waals surface area contributed by atoms with Crippen LogP contribution in [0.3, 0.4) is 0 Å². The van der Waals surface area contributed by atoms with E-state index in [1.54, 1.807) is 38.7 Å². The zero-order valence-electron chi connectivity index (χ0n) is 25.9. The van der Waals surface area contributed by atoms with Gasteiger partial charge in [0.05, 0.1) is 11.1 Å². The number of halogens is 7. The number of amides is 2. The van der Waals surface area contributed by atoms with Gasteiger partial charge in [0.1, 0.15) is 11.4 Å². The number of likely N-dealkylation sites (tertiary alicyclic amines) is 2. The van der Waals surface area contributed by atoms with E-state index in [9.17, 15) is 40.3 Å². The third-order valence-electron chi connectivity index (χ3n) is 8.52. The molecular weight excluding hydrogens is 607 g/mol. The normalized spacial score (nSPS) is 20.7. The van der Waals surface area contributed by atoms with Crippen molar-refractivity contribution in [3.63, 3.8) is 0 Å². The highest BCUT2D eigenvalue weighted by Crippen LogP contribution is 2.39. The molecule has 4 rings (SSSR count). The molecule has 0 bridgehead atoms. The van der Waals surface area contributed by atoms with Gasteiger partial charge in [-0.3, -0.25) is 9.69 Å². The van der Waals surface area contributed by atoms with Gasteiger partial charge in [0, 0.05) is 56.8 Å². The lowest BCUT2D eigenvalue weighted by Gasteiger charge is -2.47. The maximum Gasteiger partial charge on any atom is 0.416 e. The van der Waals surface area contributed by atoms with E-state index in [0.29, 0.717) is 63.1 Å². The molecular formula is C32H38F7N3O3. The second kappa shape index (κ2) is 12.8. The molecule has 0 radical (unpaired) electrons. The SMILES string of the molecule is Cc1cc(F)ccc1[C@@H]1CN(C2CCN(C(=O)OC(C)(C)C)CC2)CC[C@H]1N(C)C(=O)c1cc(C(F)(F)F)cc(C(F)(F)F)c1. The molecule has 2 heterocycles. The number of nitrogens with zero attached hydrogens (tertiary/aromatic N) is 3. The smallest absolute Gasteiger partial charge is 0.416 e. The van der Waals surface area contributed by atoms with Crippen molar-refractivity contribution < 1.29 is 45.1 Å². The average molecular weight is 646 g/mol. The van der Waals surface area contributed by atoms with Crippen LogP contribution in [0.2, 0.25) is 0 Å². The Bertz CT molecular complexity index is 1360. The number of hydrogen-bond acceptors (Lipinski definition) is 4. The second-order valence-corrected chi connectivity index (χ2v) is 12.9. The Morgan fingerprint density at radius 3 is 1.96 bits per heavy atom. The minimum Gasteiger partial charge on any atom is -0.444 e. The standard InChI is InChI=1S/C32H38F7N3O3/c1-19-14-23(33)6-7-25(19)26-18-42(24-8-11-41(12-9-24)29(44)45-30(2,3)4)13-10-27(26)40(5)28(43)20-15-21(31(34,35)36)17-22(16-20)32(37,38)39/h6-7,14-17,24,26-27H,8-13,18H2,1-5H3/t26-,27+/m0/s1. The summed E-state index contributed by atoms with van der Waals surface area (Å²) in [5, 5.41) is 0. The lowest BCUT2D eigenvalue weighted by Crippen LogP contribution is -2.55. The predicted octanol–water partition coefficient (Wildman–Crippen LogP) is 7.50. The average Bonchev–Trinajstić information content (AvgIpc) is 2.94. The van der Waals surface area contributed by atoms with Crippen LogP contribution >= 0.6 is 0 Å². The highest BCUT2D eigenvalue weighted by atomic mass is 19.4. The molecule has 2 aromatic carbocycles. The molecule has 0 unspecified atom stereocenters. The number of carbonyl (C=O) groups excluding carboxylic acids is 2.